The maximum absolute atomic E-state index is 12.0. The molecule has 5 heteroatoms. The van der Waals surface area contributed by atoms with Gasteiger partial charge in [-0.2, -0.15) is 0 Å². The molecule has 1 aromatic heterocycles. The molecule has 0 aliphatic rings. The van der Waals surface area contributed by atoms with Crippen LogP contribution in [0.25, 0.3) is 0 Å². The van der Waals surface area contributed by atoms with E-state index in [0.29, 0.717) is 11.1 Å². The maximum atomic E-state index is 12.0. The largest absolute Gasteiger partial charge is 0.508 e. The number of carbonyl (C=O) groups excluding carboxylic acids is 1. The zero-order valence-corrected chi connectivity index (χ0v) is 9.65. The molecule has 5 nitrogen and oxygen atoms in total. The van der Waals surface area contributed by atoms with Gasteiger partial charge in [0.1, 0.15) is 5.75 Å². The summed E-state index contributed by atoms with van der Waals surface area (Å²) in [7, 11) is 0. The summed E-state index contributed by atoms with van der Waals surface area (Å²) in [5.41, 5.74) is 1.06. The van der Waals surface area contributed by atoms with Crippen LogP contribution in [0, 0.1) is 0 Å². The van der Waals surface area contributed by atoms with Gasteiger partial charge in [-0.1, -0.05) is 18.2 Å². The van der Waals surface area contributed by atoms with E-state index in [1.165, 1.54) is 12.4 Å². The molecule has 0 unspecified atom stereocenters. The molecule has 0 aliphatic carbocycles. The topological polar surface area (TPSA) is 79.5 Å². The molecule has 18 heavy (non-hydrogen) atoms. The highest BCUT2D eigenvalue weighted by Gasteiger charge is 2.13. The minimum Gasteiger partial charge on any atom is -0.508 e. The van der Waals surface area contributed by atoms with Crippen molar-refractivity contribution in [3.8, 4) is 5.75 Å². The third kappa shape index (κ3) is 2.64. The van der Waals surface area contributed by atoms with Crippen molar-refractivity contribution in [3.63, 3.8) is 0 Å². The van der Waals surface area contributed by atoms with Gasteiger partial charge in [-0.25, -0.2) is 5.84 Å². The number of aromatic hydroxyl groups is 1. The van der Waals surface area contributed by atoms with Gasteiger partial charge >= 0.3 is 0 Å². The minimum absolute atomic E-state index is 0.121. The molecule has 1 aromatic carbocycles. The molecule has 0 saturated heterocycles. The van der Waals surface area contributed by atoms with Crippen LogP contribution < -0.4 is 5.84 Å². The molecule has 0 spiro atoms. The lowest BCUT2D eigenvalue weighted by Gasteiger charge is -2.17. The first-order valence-electron chi connectivity index (χ1n) is 5.42. The molecule has 0 fully saturated rings. The Morgan fingerprint density at radius 1 is 1.22 bits per heavy atom. The molecule has 0 atom stereocenters. The number of nitrogens with zero attached hydrogens (tertiary/aromatic N) is 2. The third-order valence-electron chi connectivity index (χ3n) is 2.52. The molecule has 2 rings (SSSR count). The SMILES string of the molecule is NN(Cc1ccccc1O)C(=O)c1ccncc1. The summed E-state index contributed by atoms with van der Waals surface area (Å²) in [4.78, 5) is 15.8. The molecule has 1 amide bonds. The second-order valence-electron chi connectivity index (χ2n) is 3.80. The van der Waals surface area contributed by atoms with E-state index in [-0.39, 0.29) is 18.2 Å². The number of aromatic nitrogens is 1. The molecule has 0 radical (unpaired) electrons. The summed E-state index contributed by atoms with van der Waals surface area (Å²) in [5, 5.41) is 10.7. The summed E-state index contributed by atoms with van der Waals surface area (Å²) in [6.45, 7) is 0.147. The Bertz CT molecular complexity index is 543. The van der Waals surface area contributed by atoms with Gasteiger partial charge in [0.05, 0.1) is 6.54 Å². The maximum Gasteiger partial charge on any atom is 0.268 e. The van der Waals surface area contributed by atoms with Crippen LogP contribution in [0.1, 0.15) is 15.9 Å². The Balaban J connectivity index is 2.11. The zero-order valence-electron chi connectivity index (χ0n) is 9.65. The fourth-order valence-corrected chi connectivity index (χ4v) is 1.56. The van der Waals surface area contributed by atoms with E-state index >= 15 is 0 Å². The van der Waals surface area contributed by atoms with E-state index in [4.69, 9.17) is 5.84 Å². The van der Waals surface area contributed by atoms with Crippen LogP contribution in [0.15, 0.2) is 48.8 Å². The van der Waals surface area contributed by atoms with Gasteiger partial charge in [-0.3, -0.25) is 14.8 Å². The molecule has 92 valence electrons. The van der Waals surface area contributed by atoms with Crippen molar-refractivity contribution in [2.75, 3.05) is 0 Å². The number of para-hydroxylation sites is 1. The summed E-state index contributed by atoms with van der Waals surface area (Å²) in [5.74, 6) is 5.50. The van der Waals surface area contributed by atoms with Crippen LogP contribution in [0.4, 0.5) is 0 Å². The predicted molar refractivity (Wildman–Crippen MR) is 66.4 cm³/mol. The van der Waals surface area contributed by atoms with Crippen molar-refractivity contribution in [2.24, 2.45) is 5.84 Å². The van der Waals surface area contributed by atoms with Crippen LogP contribution in [0.3, 0.4) is 0 Å². The quantitative estimate of drug-likeness (QED) is 0.484. The van der Waals surface area contributed by atoms with Gasteiger partial charge in [0.15, 0.2) is 0 Å². The predicted octanol–water partition coefficient (Wildman–Crippen LogP) is 1.30. The van der Waals surface area contributed by atoms with Crippen LogP contribution in [-0.2, 0) is 6.54 Å². The minimum atomic E-state index is -0.319. The fraction of sp³-hybridized carbons (Fsp3) is 0.0769. The Hall–Kier alpha value is -2.40. The van der Waals surface area contributed by atoms with Crippen molar-refractivity contribution in [1.82, 2.24) is 9.99 Å². The number of hydrazine groups is 1. The molecule has 0 bridgehead atoms. The van der Waals surface area contributed by atoms with E-state index in [1.807, 2.05) is 0 Å². The molecule has 0 saturated carbocycles. The van der Waals surface area contributed by atoms with Crippen molar-refractivity contribution < 1.29 is 9.90 Å². The van der Waals surface area contributed by atoms with E-state index in [2.05, 4.69) is 4.98 Å². The standard InChI is InChI=1S/C13H13N3O2/c14-16(9-11-3-1-2-4-12(11)17)13(18)10-5-7-15-8-6-10/h1-8,17H,9,14H2. The highest BCUT2D eigenvalue weighted by molar-refractivity contribution is 5.93. The van der Waals surface area contributed by atoms with Crippen LogP contribution >= 0.6 is 0 Å². The smallest absolute Gasteiger partial charge is 0.268 e. The number of pyridine rings is 1. The summed E-state index contributed by atoms with van der Waals surface area (Å²) in [6.07, 6.45) is 3.06. The molecular weight excluding hydrogens is 230 g/mol. The lowest BCUT2D eigenvalue weighted by molar-refractivity contribution is 0.0742. The fourth-order valence-electron chi connectivity index (χ4n) is 1.56. The molecule has 0 aliphatic heterocycles. The van der Waals surface area contributed by atoms with E-state index in [1.54, 1.807) is 36.4 Å². The average molecular weight is 243 g/mol. The Labute approximate surface area is 104 Å². The highest BCUT2D eigenvalue weighted by atomic mass is 16.3. The van der Waals surface area contributed by atoms with Crippen molar-refractivity contribution in [3.05, 3.63) is 59.9 Å². The highest BCUT2D eigenvalue weighted by Crippen LogP contribution is 2.17. The van der Waals surface area contributed by atoms with Crippen molar-refractivity contribution >= 4 is 5.91 Å². The lowest BCUT2D eigenvalue weighted by atomic mass is 10.2. The first kappa shape index (κ1) is 12.1. The average Bonchev–Trinajstić information content (AvgIpc) is 2.41. The van der Waals surface area contributed by atoms with Gasteiger partial charge < -0.3 is 5.11 Å². The summed E-state index contributed by atoms with van der Waals surface area (Å²) in [6, 6.07) is 9.94. The molecule has 2 aromatic rings. The van der Waals surface area contributed by atoms with Gasteiger partial charge in [-0.15, -0.1) is 0 Å². The Morgan fingerprint density at radius 3 is 2.56 bits per heavy atom. The number of rotatable bonds is 3. The number of hydrogen-bond acceptors (Lipinski definition) is 4. The molecule has 1 heterocycles. The van der Waals surface area contributed by atoms with Crippen LogP contribution in [0.5, 0.6) is 5.75 Å². The number of hydrogen-bond donors (Lipinski definition) is 2. The van der Waals surface area contributed by atoms with Gasteiger partial charge in [0.2, 0.25) is 0 Å². The second kappa shape index (κ2) is 5.29. The number of phenols is 1. The number of carbonyl (C=O) groups is 1. The molecule has 3 N–H and O–H groups in total. The summed E-state index contributed by atoms with van der Waals surface area (Å²) >= 11 is 0. The van der Waals surface area contributed by atoms with Gasteiger partial charge in [0.25, 0.3) is 5.91 Å². The van der Waals surface area contributed by atoms with E-state index in [0.717, 1.165) is 5.01 Å². The van der Waals surface area contributed by atoms with E-state index in [9.17, 15) is 9.90 Å². The van der Waals surface area contributed by atoms with Gasteiger partial charge in [-0.05, 0) is 18.2 Å². The van der Waals surface area contributed by atoms with Crippen LogP contribution in [-0.4, -0.2) is 21.0 Å². The summed E-state index contributed by atoms with van der Waals surface area (Å²) < 4.78 is 0. The van der Waals surface area contributed by atoms with Gasteiger partial charge in [0, 0.05) is 23.5 Å². The zero-order chi connectivity index (χ0) is 13.0. The monoisotopic (exact) mass is 243 g/mol. The third-order valence-corrected chi connectivity index (χ3v) is 2.52. The first-order chi connectivity index (χ1) is 8.68. The Kier molecular flexibility index (Phi) is 3.54. The number of amides is 1. The van der Waals surface area contributed by atoms with Crippen molar-refractivity contribution in [2.45, 2.75) is 6.54 Å². The number of benzene rings is 1. The normalized spacial score (nSPS) is 10.1. The Morgan fingerprint density at radius 2 is 1.89 bits per heavy atom. The molecular formula is C13H13N3O2. The first-order valence-corrected chi connectivity index (χ1v) is 5.42. The van der Waals surface area contributed by atoms with Crippen molar-refractivity contribution in [1.29, 1.82) is 0 Å². The number of phenolic OH excluding ortho intramolecular Hbond substituents is 1. The van der Waals surface area contributed by atoms with E-state index < -0.39 is 0 Å². The number of nitrogens with two attached hydrogens (primary N) is 1. The second-order valence-corrected chi connectivity index (χ2v) is 3.80. The van der Waals surface area contributed by atoms with Crippen LogP contribution in [0.2, 0.25) is 0 Å². The lowest BCUT2D eigenvalue weighted by Crippen LogP contribution is -2.36.